The number of anilines is 1. The molecule has 3 aromatic heterocycles. The fourth-order valence-electron chi connectivity index (χ4n) is 2.85. The van der Waals surface area contributed by atoms with Gasteiger partial charge in [-0.3, -0.25) is 14.7 Å². The molecule has 0 saturated carbocycles. The van der Waals surface area contributed by atoms with Crippen LogP contribution >= 0.6 is 0 Å². The van der Waals surface area contributed by atoms with E-state index in [-0.39, 0.29) is 12.3 Å². The Labute approximate surface area is 150 Å². The Morgan fingerprint density at radius 1 is 1.00 bits per heavy atom. The van der Waals surface area contributed by atoms with Crippen LogP contribution in [-0.4, -0.2) is 15.9 Å². The highest BCUT2D eigenvalue weighted by Gasteiger charge is 2.19. The molecule has 0 spiro atoms. The highest BCUT2D eigenvalue weighted by Crippen LogP contribution is 2.18. The molecule has 5 nitrogen and oxygen atoms in total. The van der Waals surface area contributed by atoms with Gasteiger partial charge < -0.3 is 4.42 Å². The first-order chi connectivity index (χ1) is 12.8. The zero-order valence-electron chi connectivity index (χ0n) is 14.1. The highest BCUT2D eigenvalue weighted by molar-refractivity contribution is 5.94. The highest BCUT2D eigenvalue weighted by atomic mass is 16.3. The predicted molar refractivity (Wildman–Crippen MR) is 99.6 cm³/mol. The molecule has 0 saturated heterocycles. The SMILES string of the molecule is O=C(Cc1cnc2ccccc2c1)N(Cc1ccco1)c1ccccn1. The zero-order valence-corrected chi connectivity index (χ0v) is 14.1. The summed E-state index contributed by atoms with van der Waals surface area (Å²) in [5.41, 5.74) is 1.79. The molecule has 4 rings (SSSR count). The molecule has 5 heteroatoms. The maximum absolute atomic E-state index is 13.0. The summed E-state index contributed by atoms with van der Waals surface area (Å²) in [6, 6.07) is 19.0. The van der Waals surface area contributed by atoms with Crippen molar-refractivity contribution in [2.75, 3.05) is 4.90 Å². The number of aromatic nitrogens is 2. The van der Waals surface area contributed by atoms with Crippen LogP contribution in [0.25, 0.3) is 10.9 Å². The third-order valence-corrected chi connectivity index (χ3v) is 4.12. The van der Waals surface area contributed by atoms with Crippen molar-refractivity contribution >= 4 is 22.6 Å². The zero-order chi connectivity index (χ0) is 17.8. The maximum atomic E-state index is 13.0. The molecule has 0 aliphatic heterocycles. The van der Waals surface area contributed by atoms with Crippen molar-refractivity contribution in [1.29, 1.82) is 0 Å². The van der Waals surface area contributed by atoms with Gasteiger partial charge in [0.2, 0.25) is 5.91 Å². The van der Waals surface area contributed by atoms with E-state index in [2.05, 4.69) is 9.97 Å². The van der Waals surface area contributed by atoms with Crippen molar-refractivity contribution in [2.24, 2.45) is 0 Å². The first kappa shape index (κ1) is 16.0. The van der Waals surface area contributed by atoms with Crippen molar-refractivity contribution in [1.82, 2.24) is 9.97 Å². The maximum Gasteiger partial charge on any atom is 0.233 e. The lowest BCUT2D eigenvalue weighted by atomic mass is 10.1. The van der Waals surface area contributed by atoms with E-state index in [0.717, 1.165) is 16.5 Å². The van der Waals surface area contributed by atoms with Crippen LogP contribution in [0, 0.1) is 0 Å². The van der Waals surface area contributed by atoms with Gasteiger partial charge in [0, 0.05) is 17.8 Å². The number of furan rings is 1. The second kappa shape index (κ2) is 7.19. The van der Waals surface area contributed by atoms with Crippen molar-refractivity contribution in [2.45, 2.75) is 13.0 Å². The number of carbonyl (C=O) groups excluding carboxylic acids is 1. The molecule has 0 aliphatic carbocycles. The molecule has 0 N–H and O–H groups in total. The summed E-state index contributed by atoms with van der Waals surface area (Å²) < 4.78 is 5.41. The minimum atomic E-state index is -0.0582. The lowest BCUT2D eigenvalue weighted by molar-refractivity contribution is -0.118. The number of para-hydroxylation sites is 1. The standard InChI is InChI=1S/C21H17N3O2/c25-21(13-16-12-17-6-1-2-8-19(17)23-14-16)24(15-18-7-5-11-26-18)20-9-3-4-10-22-20/h1-12,14H,13,15H2. The van der Waals surface area contributed by atoms with Crippen molar-refractivity contribution in [3.8, 4) is 0 Å². The van der Waals surface area contributed by atoms with Gasteiger partial charge in [-0.25, -0.2) is 4.98 Å². The number of nitrogens with zero attached hydrogens (tertiary/aromatic N) is 3. The lowest BCUT2D eigenvalue weighted by Gasteiger charge is -2.20. The van der Waals surface area contributed by atoms with Gasteiger partial charge in [-0.15, -0.1) is 0 Å². The van der Waals surface area contributed by atoms with Crippen LogP contribution in [0.2, 0.25) is 0 Å². The van der Waals surface area contributed by atoms with Crippen LogP contribution in [0.3, 0.4) is 0 Å². The van der Waals surface area contributed by atoms with Gasteiger partial charge in [0.05, 0.1) is 24.7 Å². The number of benzene rings is 1. The molecular formula is C21H17N3O2. The van der Waals surface area contributed by atoms with E-state index < -0.39 is 0 Å². The van der Waals surface area contributed by atoms with E-state index in [1.165, 1.54) is 0 Å². The number of amides is 1. The van der Waals surface area contributed by atoms with Crippen LogP contribution in [0.5, 0.6) is 0 Å². The molecule has 0 atom stereocenters. The van der Waals surface area contributed by atoms with E-state index in [1.54, 1.807) is 23.6 Å². The summed E-state index contributed by atoms with van der Waals surface area (Å²) >= 11 is 0. The van der Waals surface area contributed by atoms with Gasteiger partial charge in [-0.1, -0.05) is 24.3 Å². The smallest absolute Gasteiger partial charge is 0.233 e. The molecule has 0 radical (unpaired) electrons. The number of rotatable bonds is 5. The van der Waals surface area contributed by atoms with Gasteiger partial charge in [-0.05, 0) is 42.0 Å². The second-order valence-electron chi connectivity index (χ2n) is 5.96. The topological polar surface area (TPSA) is 59.2 Å². The Hall–Kier alpha value is -3.47. The summed E-state index contributed by atoms with van der Waals surface area (Å²) in [7, 11) is 0. The van der Waals surface area contributed by atoms with Crippen LogP contribution in [-0.2, 0) is 17.8 Å². The molecule has 1 amide bonds. The van der Waals surface area contributed by atoms with E-state index in [1.807, 2.05) is 60.7 Å². The van der Waals surface area contributed by atoms with E-state index in [0.29, 0.717) is 18.1 Å². The quantitative estimate of drug-likeness (QED) is 0.549. The third kappa shape index (κ3) is 3.47. The number of fused-ring (bicyclic) bond motifs is 1. The minimum absolute atomic E-state index is 0.0582. The molecule has 4 aromatic rings. The Morgan fingerprint density at radius 3 is 2.69 bits per heavy atom. The summed E-state index contributed by atoms with van der Waals surface area (Å²) in [6.07, 6.45) is 5.28. The largest absolute Gasteiger partial charge is 0.467 e. The Bertz CT molecular complexity index is 1010. The van der Waals surface area contributed by atoms with E-state index >= 15 is 0 Å². The predicted octanol–water partition coefficient (Wildman–Crippen LogP) is 4.00. The third-order valence-electron chi connectivity index (χ3n) is 4.12. The fraction of sp³-hybridized carbons (Fsp3) is 0.0952. The average molecular weight is 343 g/mol. The van der Waals surface area contributed by atoms with Crippen LogP contribution in [0.1, 0.15) is 11.3 Å². The fourth-order valence-corrected chi connectivity index (χ4v) is 2.85. The molecule has 1 aromatic carbocycles. The molecule has 0 fully saturated rings. The lowest BCUT2D eigenvalue weighted by Crippen LogP contribution is -2.32. The molecular weight excluding hydrogens is 326 g/mol. The Morgan fingerprint density at radius 2 is 1.88 bits per heavy atom. The van der Waals surface area contributed by atoms with Crippen LogP contribution in [0.4, 0.5) is 5.82 Å². The van der Waals surface area contributed by atoms with E-state index in [4.69, 9.17) is 4.42 Å². The number of hydrogen-bond acceptors (Lipinski definition) is 4. The number of hydrogen-bond donors (Lipinski definition) is 0. The van der Waals surface area contributed by atoms with Crippen LogP contribution in [0.15, 0.2) is 83.7 Å². The van der Waals surface area contributed by atoms with Crippen LogP contribution < -0.4 is 4.90 Å². The minimum Gasteiger partial charge on any atom is -0.467 e. The van der Waals surface area contributed by atoms with Crippen molar-refractivity contribution < 1.29 is 9.21 Å². The average Bonchev–Trinajstić information content (AvgIpc) is 3.20. The molecule has 3 heterocycles. The summed E-state index contributed by atoms with van der Waals surface area (Å²) in [6.45, 7) is 0.337. The monoisotopic (exact) mass is 343 g/mol. The van der Waals surface area contributed by atoms with Crippen molar-refractivity contribution in [3.05, 3.63) is 90.6 Å². The summed E-state index contributed by atoms with van der Waals surface area (Å²) in [4.78, 5) is 23.4. The van der Waals surface area contributed by atoms with Crippen molar-refractivity contribution in [3.63, 3.8) is 0 Å². The Balaban J connectivity index is 1.60. The van der Waals surface area contributed by atoms with Gasteiger partial charge in [0.15, 0.2) is 0 Å². The molecule has 0 aliphatic rings. The first-order valence-electron chi connectivity index (χ1n) is 8.37. The van der Waals surface area contributed by atoms with E-state index in [9.17, 15) is 4.79 Å². The summed E-state index contributed by atoms with van der Waals surface area (Å²) in [5, 5.41) is 1.02. The number of pyridine rings is 2. The normalized spacial score (nSPS) is 10.8. The van der Waals surface area contributed by atoms with Gasteiger partial charge in [0.25, 0.3) is 0 Å². The first-order valence-corrected chi connectivity index (χ1v) is 8.37. The molecule has 128 valence electrons. The Kier molecular flexibility index (Phi) is 4.43. The number of carbonyl (C=O) groups is 1. The van der Waals surface area contributed by atoms with Gasteiger partial charge in [0.1, 0.15) is 11.6 Å². The van der Waals surface area contributed by atoms with Gasteiger partial charge >= 0.3 is 0 Å². The summed E-state index contributed by atoms with van der Waals surface area (Å²) in [5.74, 6) is 1.25. The molecule has 0 unspecified atom stereocenters. The van der Waals surface area contributed by atoms with Gasteiger partial charge in [-0.2, -0.15) is 0 Å². The molecule has 0 bridgehead atoms. The molecule has 26 heavy (non-hydrogen) atoms. The second-order valence-corrected chi connectivity index (χ2v) is 5.96.